The molecular weight excluding hydrogens is 350 g/mol. The third-order valence-corrected chi connectivity index (χ3v) is 3.82. The Bertz CT molecular complexity index is 932. The number of rotatable bonds is 6. The van der Waals surface area contributed by atoms with Crippen molar-refractivity contribution in [3.05, 3.63) is 69.3 Å². The van der Waals surface area contributed by atoms with Crippen LogP contribution in [0.5, 0.6) is 11.5 Å². The fraction of sp³-hybridized carbons (Fsp3) is 0.158. The first kappa shape index (κ1) is 19.5. The van der Waals surface area contributed by atoms with Gasteiger partial charge in [-0.2, -0.15) is 5.26 Å². The van der Waals surface area contributed by atoms with Gasteiger partial charge in [0.05, 0.1) is 18.1 Å². The smallest absolute Gasteiger partial charge is 0.315 e. The lowest BCUT2D eigenvalue weighted by Gasteiger charge is -2.13. The Kier molecular flexibility index (Phi) is 6.12. The molecule has 27 heavy (non-hydrogen) atoms. The largest absolute Gasteiger partial charge is 0.500 e. The van der Waals surface area contributed by atoms with Gasteiger partial charge < -0.3 is 15.2 Å². The molecule has 2 rings (SSSR count). The van der Waals surface area contributed by atoms with Gasteiger partial charge in [0, 0.05) is 6.07 Å². The monoisotopic (exact) mass is 367 g/mol. The quantitative estimate of drug-likeness (QED) is 0.350. The molecule has 8 nitrogen and oxygen atoms in total. The summed E-state index contributed by atoms with van der Waals surface area (Å²) in [6.07, 6.45) is 1.20. The average molecular weight is 367 g/mol. The Morgan fingerprint density at radius 2 is 2.04 bits per heavy atom. The Balaban J connectivity index is 2.32. The zero-order valence-corrected chi connectivity index (χ0v) is 14.7. The number of carbonyl (C=O) groups excluding carboxylic acids is 1. The molecule has 0 aliphatic heterocycles. The molecule has 0 aliphatic rings. The molecule has 0 fully saturated rings. The number of amides is 1. The van der Waals surface area contributed by atoms with Crippen LogP contribution in [0.25, 0.3) is 6.08 Å². The van der Waals surface area contributed by atoms with Crippen LogP contribution in [-0.2, 0) is 4.79 Å². The molecule has 2 aromatic carbocycles. The van der Waals surface area contributed by atoms with Crippen LogP contribution < -0.4 is 10.1 Å². The molecule has 0 radical (unpaired) electrons. The number of nitro groups is 1. The van der Waals surface area contributed by atoms with Crippen LogP contribution in [0.4, 0.5) is 5.69 Å². The lowest BCUT2D eigenvalue weighted by atomic mass is 10.1. The second-order valence-electron chi connectivity index (χ2n) is 5.62. The van der Waals surface area contributed by atoms with Crippen LogP contribution in [0, 0.1) is 21.4 Å². The van der Waals surface area contributed by atoms with Crippen LogP contribution in [0.2, 0.25) is 0 Å². The Labute approximate surface area is 155 Å². The first-order valence-electron chi connectivity index (χ1n) is 7.90. The Hall–Kier alpha value is -3.86. The van der Waals surface area contributed by atoms with Crippen molar-refractivity contribution in [2.75, 3.05) is 7.11 Å². The summed E-state index contributed by atoms with van der Waals surface area (Å²) < 4.78 is 4.91. The molecule has 1 atom stereocenters. The molecule has 8 heteroatoms. The SMILES string of the molecule is COc1cc(/C=C(\C#N)C(=O)NC(C)c2ccccc2)cc([N+](=O)[O-])c1O. The number of methoxy groups -OCH3 is 1. The zero-order valence-electron chi connectivity index (χ0n) is 14.7. The number of phenolic OH excluding ortho intramolecular Hbond substituents is 1. The highest BCUT2D eigenvalue weighted by Gasteiger charge is 2.20. The van der Waals surface area contributed by atoms with Gasteiger partial charge in [-0.05, 0) is 30.2 Å². The molecule has 0 bridgehead atoms. The van der Waals surface area contributed by atoms with E-state index in [2.05, 4.69) is 5.32 Å². The lowest BCUT2D eigenvalue weighted by Crippen LogP contribution is -2.27. The summed E-state index contributed by atoms with van der Waals surface area (Å²) in [7, 11) is 1.24. The molecule has 0 saturated heterocycles. The van der Waals surface area contributed by atoms with Crippen LogP contribution in [-0.4, -0.2) is 23.0 Å². The molecule has 0 saturated carbocycles. The van der Waals surface area contributed by atoms with Gasteiger partial charge in [-0.1, -0.05) is 30.3 Å². The summed E-state index contributed by atoms with van der Waals surface area (Å²) in [5.41, 5.74) is 0.219. The fourth-order valence-corrected chi connectivity index (χ4v) is 2.41. The Morgan fingerprint density at radius 1 is 1.37 bits per heavy atom. The standard InChI is InChI=1S/C19H17N3O5/c1-12(14-6-4-3-5-7-14)21-19(24)15(11-20)8-13-9-16(22(25)26)18(23)17(10-13)27-2/h3-10,12,23H,1-2H3,(H,21,24)/b15-8+. The van der Waals surface area contributed by atoms with Crippen molar-refractivity contribution >= 4 is 17.7 Å². The summed E-state index contributed by atoms with van der Waals surface area (Å²) in [5.74, 6) is -1.38. The van der Waals surface area contributed by atoms with Crippen molar-refractivity contribution in [2.45, 2.75) is 13.0 Å². The number of ether oxygens (including phenoxy) is 1. The number of nitrogens with one attached hydrogen (secondary N) is 1. The van der Waals surface area contributed by atoms with Crippen molar-refractivity contribution in [3.8, 4) is 17.6 Å². The minimum Gasteiger partial charge on any atom is -0.500 e. The molecule has 0 heterocycles. The molecule has 0 spiro atoms. The van der Waals surface area contributed by atoms with E-state index in [1.165, 1.54) is 19.3 Å². The molecule has 0 aliphatic carbocycles. The molecule has 2 aromatic rings. The maximum absolute atomic E-state index is 12.4. The number of hydrogen-bond donors (Lipinski definition) is 2. The van der Waals surface area contributed by atoms with E-state index < -0.39 is 22.3 Å². The van der Waals surface area contributed by atoms with Crippen molar-refractivity contribution in [2.24, 2.45) is 0 Å². The molecule has 1 amide bonds. The van der Waals surface area contributed by atoms with Gasteiger partial charge >= 0.3 is 5.69 Å². The topological polar surface area (TPSA) is 125 Å². The van der Waals surface area contributed by atoms with E-state index in [-0.39, 0.29) is 22.9 Å². The van der Waals surface area contributed by atoms with Crippen LogP contribution >= 0.6 is 0 Å². The number of nitriles is 1. The van der Waals surface area contributed by atoms with Crippen molar-refractivity contribution in [1.29, 1.82) is 5.26 Å². The number of carbonyl (C=O) groups is 1. The van der Waals surface area contributed by atoms with Crippen LogP contribution in [0.3, 0.4) is 0 Å². The van der Waals surface area contributed by atoms with Gasteiger partial charge in [-0.3, -0.25) is 14.9 Å². The summed E-state index contributed by atoms with van der Waals surface area (Å²) >= 11 is 0. The van der Waals surface area contributed by atoms with Gasteiger partial charge in [0.15, 0.2) is 5.75 Å². The van der Waals surface area contributed by atoms with Crippen LogP contribution in [0.1, 0.15) is 24.1 Å². The summed E-state index contributed by atoms with van der Waals surface area (Å²) in [6.45, 7) is 1.77. The third-order valence-electron chi connectivity index (χ3n) is 3.82. The number of hydrogen-bond acceptors (Lipinski definition) is 6. The van der Waals surface area contributed by atoms with Crippen molar-refractivity contribution in [1.82, 2.24) is 5.32 Å². The van der Waals surface area contributed by atoms with E-state index >= 15 is 0 Å². The maximum atomic E-state index is 12.4. The van der Waals surface area contributed by atoms with Gasteiger partial charge in [-0.25, -0.2) is 0 Å². The second kappa shape index (κ2) is 8.49. The lowest BCUT2D eigenvalue weighted by molar-refractivity contribution is -0.386. The maximum Gasteiger partial charge on any atom is 0.315 e. The van der Waals surface area contributed by atoms with Gasteiger partial charge in [-0.15, -0.1) is 0 Å². The molecule has 1 unspecified atom stereocenters. The number of phenols is 1. The number of benzene rings is 2. The van der Waals surface area contributed by atoms with Gasteiger partial charge in [0.25, 0.3) is 5.91 Å². The molecule has 0 aromatic heterocycles. The molecule has 2 N–H and O–H groups in total. The average Bonchev–Trinajstić information content (AvgIpc) is 2.67. The second-order valence-corrected chi connectivity index (χ2v) is 5.62. The van der Waals surface area contributed by atoms with Gasteiger partial charge in [0.2, 0.25) is 5.75 Å². The predicted octanol–water partition coefficient (Wildman–Crippen LogP) is 3.09. The highest BCUT2D eigenvalue weighted by molar-refractivity contribution is 6.02. The van der Waals surface area contributed by atoms with Crippen molar-refractivity contribution in [3.63, 3.8) is 0 Å². The summed E-state index contributed by atoms with van der Waals surface area (Å²) in [5, 5.41) is 32.9. The van der Waals surface area contributed by atoms with E-state index in [4.69, 9.17) is 4.74 Å². The first-order chi connectivity index (χ1) is 12.9. The number of nitro benzene ring substituents is 1. The van der Waals surface area contributed by atoms with E-state index in [9.17, 15) is 25.3 Å². The first-order valence-corrected chi connectivity index (χ1v) is 7.90. The highest BCUT2D eigenvalue weighted by Crippen LogP contribution is 2.37. The highest BCUT2D eigenvalue weighted by atomic mass is 16.6. The summed E-state index contributed by atoms with van der Waals surface area (Å²) in [4.78, 5) is 22.7. The fourth-order valence-electron chi connectivity index (χ4n) is 2.41. The van der Waals surface area contributed by atoms with E-state index in [0.717, 1.165) is 11.6 Å². The normalized spacial score (nSPS) is 12.0. The summed E-state index contributed by atoms with van der Waals surface area (Å²) in [6, 6.07) is 13.0. The Morgan fingerprint density at radius 3 is 2.59 bits per heavy atom. The predicted molar refractivity (Wildman–Crippen MR) is 97.9 cm³/mol. The molecular formula is C19H17N3O5. The van der Waals surface area contributed by atoms with E-state index in [1.54, 1.807) is 13.0 Å². The minimum atomic E-state index is -0.779. The minimum absolute atomic E-state index is 0.134. The van der Waals surface area contributed by atoms with Gasteiger partial charge in [0.1, 0.15) is 11.6 Å². The van der Waals surface area contributed by atoms with E-state index in [1.807, 2.05) is 30.3 Å². The van der Waals surface area contributed by atoms with Crippen LogP contribution in [0.15, 0.2) is 48.0 Å². The van der Waals surface area contributed by atoms with E-state index in [0.29, 0.717) is 0 Å². The van der Waals surface area contributed by atoms with Crippen molar-refractivity contribution < 1.29 is 19.6 Å². The zero-order chi connectivity index (χ0) is 20.0. The third kappa shape index (κ3) is 4.61. The molecule has 138 valence electrons. The number of aromatic hydroxyl groups is 1. The number of nitrogens with zero attached hydrogens (tertiary/aromatic N) is 2.